The highest BCUT2D eigenvalue weighted by atomic mass is 32.1. The van der Waals surface area contributed by atoms with Crippen LogP contribution in [0, 0.1) is 0 Å². The molecule has 7 heteroatoms. The third-order valence-corrected chi connectivity index (χ3v) is 4.55. The molecule has 1 aromatic heterocycles. The first kappa shape index (κ1) is 14.2. The Bertz CT molecular complexity index is 651. The standard InChI is InChI=1S/C14H14F3N3S/c15-14(16,17)13-19-7-9(21-13)8-20-6-2-3-10-11(18)4-1-5-12(10)20/h1,4-5,7H,2-3,6,8,18H2. The third kappa shape index (κ3) is 2.83. The Labute approximate surface area is 124 Å². The molecule has 112 valence electrons. The molecule has 0 bridgehead atoms. The van der Waals surface area contributed by atoms with Crippen molar-refractivity contribution < 1.29 is 13.2 Å². The number of hydrogen-bond donors (Lipinski definition) is 1. The van der Waals surface area contributed by atoms with Crippen LogP contribution < -0.4 is 10.6 Å². The van der Waals surface area contributed by atoms with Gasteiger partial charge in [0.2, 0.25) is 0 Å². The van der Waals surface area contributed by atoms with E-state index in [1.54, 1.807) is 0 Å². The van der Waals surface area contributed by atoms with E-state index in [0.717, 1.165) is 36.3 Å². The molecule has 2 N–H and O–H groups in total. The summed E-state index contributed by atoms with van der Waals surface area (Å²) >= 11 is 0.703. The van der Waals surface area contributed by atoms with Gasteiger partial charge in [0.05, 0.1) is 6.54 Å². The average Bonchev–Trinajstić information content (AvgIpc) is 2.89. The summed E-state index contributed by atoms with van der Waals surface area (Å²) in [7, 11) is 0. The predicted molar refractivity (Wildman–Crippen MR) is 77.3 cm³/mol. The highest BCUT2D eigenvalue weighted by Gasteiger charge is 2.34. The second kappa shape index (κ2) is 5.22. The smallest absolute Gasteiger partial charge is 0.398 e. The maximum Gasteiger partial charge on any atom is 0.443 e. The molecule has 1 aromatic carbocycles. The highest BCUT2D eigenvalue weighted by Crippen LogP contribution is 2.35. The summed E-state index contributed by atoms with van der Waals surface area (Å²) < 4.78 is 37.8. The second-order valence-electron chi connectivity index (χ2n) is 5.00. The fourth-order valence-corrected chi connectivity index (χ4v) is 3.39. The van der Waals surface area contributed by atoms with Gasteiger partial charge in [-0.05, 0) is 30.5 Å². The van der Waals surface area contributed by atoms with Crippen molar-refractivity contribution in [2.24, 2.45) is 0 Å². The van der Waals surface area contributed by atoms with Gasteiger partial charge >= 0.3 is 6.18 Å². The van der Waals surface area contributed by atoms with Crippen molar-refractivity contribution in [2.75, 3.05) is 17.2 Å². The zero-order chi connectivity index (χ0) is 15.0. The van der Waals surface area contributed by atoms with Crippen molar-refractivity contribution in [1.82, 2.24) is 4.98 Å². The number of nitrogen functional groups attached to an aromatic ring is 1. The number of aromatic nitrogens is 1. The molecule has 0 saturated heterocycles. The lowest BCUT2D eigenvalue weighted by atomic mass is 10.00. The molecular formula is C14H14F3N3S. The molecule has 0 spiro atoms. The third-order valence-electron chi connectivity index (χ3n) is 3.53. The molecule has 21 heavy (non-hydrogen) atoms. The SMILES string of the molecule is Nc1cccc2c1CCCN2Cc1cnc(C(F)(F)F)s1. The predicted octanol–water partition coefficient (Wildman–Crippen LogP) is 3.70. The van der Waals surface area contributed by atoms with Crippen LogP contribution in [0.15, 0.2) is 24.4 Å². The van der Waals surface area contributed by atoms with Crippen LogP contribution in [0.4, 0.5) is 24.5 Å². The maximum atomic E-state index is 12.6. The van der Waals surface area contributed by atoms with E-state index in [4.69, 9.17) is 5.73 Å². The van der Waals surface area contributed by atoms with Gasteiger partial charge in [0.25, 0.3) is 0 Å². The van der Waals surface area contributed by atoms with E-state index in [-0.39, 0.29) is 0 Å². The van der Waals surface area contributed by atoms with Crippen molar-refractivity contribution in [3.8, 4) is 0 Å². The van der Waals surface area contributed by atoms with Gasteiger partial charge in [0.15, 0.2) is 5.01 Å². The lowest BCUT2D eigenvalue weighted by molar-refractivity contribution is -0.137. The van der Waals surface area contributed by atoms with E-state index in [9.17, 15) is 13.2 Å². The number of fused-ring (bicyclic) bond motifs is 1. The van der Waals surface area contributed by atoms with Crippen LogP contribution in [0.1, 0.15) is 21.9 Å². The zero-order valence-corrected chi connectivity index (χ0v) is 12.0. The Hall–Kier alpha value is -1.76. The Morgan fingerprint density at radius 1 is 1.33 bits per heavy atom. The fourth-order valence-electron chi connectivity index (χ4n) is 2.59. The van der Waals surface area contributed by atoms with Gasteiger partial charge < -0.3 is 10.6 Å². The van der Waals surface area contributed by atoms with Gasteiger partial charge in [-0.15, -0.1) is 11.3 Å². The van der Waals surface area contributed by atoms with Gasteiger partial charge in [0, 0.05) is 29.0 Å². The number of nitrogens with zero attached hydrogens (tertiary/aromatic N) is 2. The number of halogens is 3. The number of benzene rings is 1. The molecule has 0 unspecified atom stereocenters. The van der Waals surface area contributed by atoms with Crippen LogP contribution in [0.5, 0.6) is 0 Å². The molecule has 0 atom stereocenters. The number of thiazole rings is 1. The second-order valence-corrected chi connectivity index (χ2v) is 6.11. The number of hydrogen-bond acceptors (Lipinski definition) is 4. The number of nitrogens with two attached hydrogens (primary N) is 1. The topological polar surface area (TPSA) is 42.1 Å². The monoisotopic (exact) mass is 313 g/mol. The normalized spacial score (nSPS) is 15.1. The van der Waals surface area contributed by atoms with Crippen molar-refractivity contribution in [1.29, 1.82) is 0 Å². The van der Waals surface area contributed by atoms with Gasteiger partial charge in [-0.2, -0.15) is 13.2 Å². The lowest BCUT2D eigenvalue weighted by Gasteiger charge is -2.31. The van der Waals surface area contributed by atoms with Crippen LogP contribution in [0.25, 0.3) is 0 Å². The fraction of sp³-hybridized carbons (Fsp3) is 0.357. The Morgan fingerprint density at radius 3 is 2.86 bits per heavy atom. The first-order valence-corrected chi connectivity index (χ1v) is 7.41. The molecule has 1 aliphatic rings. The van der Waals surface area contributed by atoms with Crippen molar-refractivity contribution in [3.05, 3.63) is 39.8 Å². The zero-order valence-electron chi connectivity index (χ0n) is 11.2. The molecule has 0 radical (unpaired) electrons. The van der Waals surface area contributed by atoms with Crippen molar-refractivity contribution in [3.63, 3.8) is 0 Å². The number of rotatable bonds is 2. The lowest BCUT2D eigenvalue weighted by Crippen LogP contribution is -2.28. The average molecular weight is 313 g/mol. The molecule has 0 saturated carbocycles. The van der Waals surface area contributed by atoms with Crippen molar-refractivity contribution >= 4 is 22.7 Å². The van der Waals surface area contributed by atoms with Crippen molar-refractivity contribution in [2.45, 2.75) is 25.6 Å². The van der Waals surface area contributed by atoms with Crippen LogP contribution in [-0.2, 0) is 19.1 Å². The minimum atomic E-state index is -4.37. The largest absolute Gasteiger partial charge is 0.443 e. The summed E-state index contributed by atoms with van der Waals surface area (Å²) in [5, 5.41) is -0.790. The molecule has 1 aliphatic heterocycles. The summed E-state index contributed by atoms with van der Waals surface area (Å²) in [5.41, 5.74) is 8.82. The molecule has 3 nitrogen and oxygen atoms in total. The molecule has 3 rings (SSSR count). The quantitative estimate of drug-likeness (QED) is 0.860. The summed E-state index contributed by atoms with van der Waals surface area (Å²) in [6, 6.07) is 5.70. The molecule has 0 fully saturated rings. The van der Waals surface area contributed by atoms with Crippen LogP contribution in [-0.4, -0.2) is 11.5 Å². The van der Waals surface area contributed by atoms with Gasteiger partial charge in [-0.25, -0.2) is 4.98 Å². The van der Waals surface area contributed by atoms with E-state index in [1.807, 2.05) is 18.2 Å². The van der Waals surface area contributed by atoms with Gasteiger partial charge in [-0.1, -0.05) is 6.07 Å². The molecule has 2 aromatic rings. The summed E-state index contributed by atoms with van der Waals surface area (Å²) in [5.74, 6) is 0. The Morgan fingerprint density at radius 2 is 2.14 bits per heavy atom. The molecular weight excluding hydrogens is 299 g/mol. The summed E-state index contributed by atoms with van der Waals surface area (Å²) in [4.78, 5) is 6.15. The maximum absolute atomic E-state index is 12.6. The first-order chi connectivity index (χ1) is 9.95. The molecule has 0 aliphatic carbocycles. The van der Waals surface area contributed by atoms with Crippen LogP contribution >= 0.6 is 11.3 Å². The van der Waals surface area contributed by atoms with Gasteiger partial charge in [-0.3, -0.25) is 0 Å². The van der Waals surface area contributed by atoms with E-state index >= 15 is 0 Å². The van der Waals surface area contributed by atoms with E-state index < -0.39 is 11.2 Å². The van der Waals surface area contributed by atoms with E-state index in [1.165, 1.54) is 6.20 Å². The first-order valence-electron chi connectivity index (χ1n) is 6.59. The Kier molecular flexibility index (Phi) is 3.52. The van der Waals surface area contributed by atoms with E-state index in [0.29, 0.717) is 22.8 Å². The molecule has 0 amide bonds. The number of anilines is 2. The van der Waals surface area contributed by atoms with Gasteiger partial charge in [0.1, 0.15) is 0 Å². The van der Waals surface area contributed by atoms with Crippen LogP contribution in [0.3, 0.4) is 0 Å². The van der Waals surface area contributed by atoms with Crippen LogP contribution in [0.2, 0.25) is 0 Å². The summed E-state index contributed by atoms with van der Waals surface area (Å²) in [6.07, 6.45) is -1.19. The minimum Gasteiger partial charge on any atom is -0.398 e. The number of alkyl halides is 3. The minimum absolute atomic E-state index is 0.435. The molecule has 2 heterocycles. The highest BCUT2D eigenvalue weighted by molar-refractivity contribution is 7.11. The van der Waals surface area contributed by atoms with E-state index in [2.05, 4.69) is 9.88 Å². The summed E-state index contributed by atoms with van der Waals surface area (Å²) in [6.45, 7) is 1.25. The Balaban J connectivity index is 1.84.